The number of carbonyl (C=O) groups is 2. The van der Waals surface area contributed by atoms with Crippen LogP contribution in [0.5, 0.6) is 0 Å². The van der Waals surface area contributed by atoms with E-state index >= 15 is 0 Å². The molecule has 7 nitrogen and oxygen atoms in total. The second-order valence-electron chi connectivity index (χ2n) is 7.94. The summed E-state index contributed by atoms with van der Waals surface area (Å²) in [7, 11) is 0. The Morgan fingerprint density at radius 2 is 1.72 bits per heavy atom. The molecule has 1 aliphatic heterocycles. The van der Waals surface area contributed by atoms with Crippen LogP contribution in [-0.4, -0.2) is 44.8 Å². The molecule has 0 aliphatic carbocycles. The van der Waals surface area contributed by atoms with Gasteiger partial charge in [-0.15, -0.1) is 0 Å². The van der Waals surface area contributed by atoms with Gasteiger partial charge < -0.3 is 10.2 Å². The molecule has 3 aromatic rings. The molecule has 1 aromatic carbocycles. The summed E-state index contributed by atoms with van der Waals surface area (Å²) in [4.78, 5) is 40.3. The molecule has 8 heteroatoms. The molecule has 0 radical (unpaired) electrons. The van der Waals surface area contributed by atoms with Gasteiger partial charge in [-0.3, -0.25) is 14.6 Å². The number of carbonyl (C=O) groups excluding carboxylic acids is 2. The van der Waals surface area contributed by atoms with E-state index < -0.39 is 0 Å². The molecule has 2 aromatic heterocycles. The largest absolute Gasteiger partial charge is 0.338 e. The molecule has 164 valence electrons. The zero-order chi connectivity index (χ0) is 22.7. The normalized spacial score (nSPS) is 15.6. The van der Waals surface area contributed by atoms with Crippen molar-refractivity contribution < 1.29 is 14.0 Å². The van der Waals surface area contributed by atoms with E-state index in [0.717, 1.165) is 23.4 Å². The van der Waals surface area contributed by atoms with Crippen molar-refractivity contribution in [1.82, 2.24) is 19.9 Å². The molecular weight excluding hydrogens is 409 g/mol. The number of aromatic nitrogens is 3. The summed E-state index contributed by atoms with van der Waals surface area (Å²) in [6.07, 6.45) is 4.15. The Morgan fingerprint density at radius 3 is 2.38 bits per heavy atom. The predicted octanol–water partition coefficient (Wildman–Crippen LogP) is 3.44. The highest BCUT2D eigenvalue weighted by molar-refractivity contribution is 5.94. The van der Waals surface area contributed by atoms with Gasteiger partial charge in [0.25, 0.3) is 5.91 Å². The Morgan fingerprint density at radius 1 is 1.06 bits per heavy atom. The number of halogens is 1. The molecule has 4 rings (SSSR count). The van der Waals surface area contributed by atoms with Crippen molar-refractivity contribution in [3.63, 3.8) is 0 Å². The summed E-state index contributed by atoms with van der Waals surface area (Å²) in [5, 5.41) is 2.77. The maximum Gasteiger partial charge on any atom is 0.253 e. The molecule has 0 unspecified atom stereocenters. The molecule has 2 amide bonds. The molecular formula is C24H24FN5O2. The quantitative estimate of drug-likeness (QED) is 0.666. The van der Waals surface area contributed by atoms with E-state index in [4.69, 9.17) is 0 Å². The first kappa shape index (κ1) is 21.5. The Labute approximate surface area is 185 Å². The van der Waals surface area contributed by atoms with Crippen LogP contribution in [0.2, 0.25) is 0 Å². The molecule has 0 spiro atoms. The number of rotatable bonds is 5. The number of amides is 2. The molecule has 1 N–H and O–H groups in total. The van der Waals surface area contributed by atoms with Crippen LogP contribution < -0.4 is 5.32 Å². The van der Waals surface area contributed by atoms with Gasteiger partial charge in [-0.2, -0.15) is 0 Å². The number of aryl methyl sites for hydroxylation is 2. The minimum atomic E-state index is -0.355. The van der Waals surface area contributed by atoms with Crippen molar-refractivity contribution in [2.24, 2.45) is 0 Å². The van der Waals surface area contributed by atoms with Gasteiger partial charge in [0.15, 0.2) is 0 Å². The zero-order valence-electron chi connectivity index (χ0n) is 18.0. The summed E-state index contributed by atoms with van der Waals surface area (Å²) in [6, 6.07) is 9.07. The number of likely N-dealkylation sites (tertiary alicyclic amines) is 1. The molecule has 0 bridgehead atoms. The van der Waals surface area contributed by atoms with E-state index in [1.807, 2.05) is 18.7 Å². The standard InChI is InChI=1S/C24H24FN5O2/c1-15-21(13-22(31)29-20-5-3-19(25)4-6-20)16(2)28-23(27-15)18-9-12-30(14-18)24(32)17-7-10-26-11-8-17/h3-8,10-11,18H,9,12-14H2,1-2H3,(H,29,31)/t18-/m0/s1. The number of hydrogen-bond acceptors (Lipinski definition) is 5. The minimum Gasteiger partial charge on any atom is -0.338 e. The number of anilines is 1. The Bertz CT molecular complexity index is 1110. The third-order valence-electron chi connectivity index (χ3n) is 5.67. The van der Waals surface area contributed by atoms with E-state index in [1.165, 1.54) is 24.3 Å². The number of benzene rings is 1. The summed E-state index contributed by atoms with van der Waals surface area (Å²) in [5.41, 5.74) is 3.43. The van der Waals surface area contributed by atoms with Crippen molar-refractivity contribution in [2.75, 3.05) is 18.4 Å². The Hall–Kier alpha value is -3.68. The fourth-order valence-corrected chi connectivity index (χ4v) is 3.94. The lowest BCUT2D eigenvalue weighted by Crippen LogP contribution is -2.28. The molecule has 1 fully saturated rings. The van der Waals surface area contributed by atoms with Crippen molar-refractivity contribution in [2.45, 2.75) is 32.6 Å². The number of pyridine rings is 1. The SMILES string of the molecule is Cc1nc([C@H]2CCN(C(=O)c3ccncc3)C2)nc(C)c1CC(=O)Nc1ccc(F)cc1. The molecule has 3 heterocycles. The molecule has 0 saturated carbocycles. The summed E-state index contributed by atoms with van der Waals surface area (Å²) in [5.74, 6) is 0.172. The van der Waals surface area contributed by atoms with Crippen LogP contribution in [0.15, 0.2) is 48.8 Å². The monoisotopic (exact) mass is 433 g/mol. The summed E-state index contributed by atoms with van der Waals surface area (Å²) < 4.78 is 13.0. The van der Waals surface area contributed by atoms with Crippen LogP contribution in [0, 0.1) is 19.7 Å². The van der Waals surface area contributed by atoms with Gasteiger partial charge in [0.1, 0.15) is 11.6 Å². The second-order valence-corrected chi connectivity index (χ2v) is 7.94. The van der Waals surface area contributed by atoms with Crippen molar-refractivity contribution in [1.29, 1.82) is 0 Å². The van der Waals surface area contributed by atoms with Gasteiger partial charge in [0, 0.05) is 59.6 Å². The average Bonchev–Trinajstić information content (AvgIpc) is 3.28. The van der Waals surface area contributed by atoms with Crippen LogP contribution >= 0.6 is 0 Å². The summed E-state index contributed by atoms with van der Waals surface area (Å²) in [6.45, 7) is 4.95. The number of nitrogens with zero attached hydrogens (tertiary/aromatic N) is 4. The van der Waals surface area contributed by atoms with E-state index in [9.17, 15) is 14.0 Å². The van der Waals surface area contributed by atoms with Crippen LogP contribution in [0.25, 0.3) is 0 Å². The fraction of sp³-hybridized carbons (Fsp3) is 0.292. The van der Waals surface area contributed by atoms with Crippen LogP contribution in [0.1, 0.15) is 45.5 Å². The predicted molar refractivity (Wildman–Crippen MR) is 118 cm³/mol. The molecule has 1 atom stereocenters. The smallest absolute Gasteiger partial charge is 0.253 e. The highest BCUT2D eigenvalue weighted by atomic mass is 19.1. The average molecular weight is 433 g/mol. The fourth-order valence-electron chi connectivity index (χ4n) is 3.94. The van der Waals surface area contributed by atoms with Crippen LogP contribution in [0.4, 0.5) is 10.1 Å². The van der Waals surface area contributed by atoms with E-state index in [1.54, 1.807) is 24.5 Å². The van der Waals surface area contributed by atoms with Gasteiger partial charge in [-0.1, -0.05) is 0 Å². The van der Waals surface area contributed by atoms with Crippen LogP contribution in [0.3, 0.4) is 0 Å². The van der Waals surface area contributed by atoms with E-state index in [2.05, 4.69) is 20.3 Å². The maximum absolute atomic E-state index is 13.0. The highest BCUT2D eigenvalue weighted by Gasteiger charge is 2.30. The first-order valence-corrected chi connectivity index (χ1v) is 10.5. The molecule has 32 heavy (non-hydrogen) atoms. The topological polar surface area (TPSA) is 88.1 Å². The van der Waals surface area contributed by atoms with Gasteiger partial charge >= 0.3 is 0 Å². The zero-order valence-corrected chi connectivity index (χ0v) is 18.0. The first-order chi connectivity index (χ1) is 15.4. The van der Waals surface area contributed by atoms with Gasteiger partial charge in [-0.05, 0) is 56.7 Å². The minimum absolute atomic E-state index is 0.0163. The third-order valence-corrected chi connectivity index (χ3v) is 5.67. The molecule has 1 aliphatic rings. The van der Waals surface area contributed by atoms with Gasteiger partial charge in [0.05, 0.1) is 6.42 Å². The van der Waals surface area contributed by atoms with Crippen molar-refractivity contribution in [3.05, 3.63) is 82.9 Å². The van der Waals surface area contributed by atoms with Crippen molar-refractivity contribution in [3.8, 4) is 0 Å². The second kappa shape index (κ2) is 9.21. The number of nitrogens with one attached hydrogen (secondary N) is 1. The lowest BCUT2D eigenvalue weighted by molar-refractivity contribution is -0.115. The Kier molecular flexibility index (Phi) is 6.20. The highest BCUT2D eigenvalue weighted by Crippen LogP contribution is 2.27. The lowest BCUT2D eigenvalue weighted by atomic mass is 10.0. The van der Waals surface area contributed by atoms with Gasteiger partial charge in [0.2, 0.25) is 5.91 Å². The lowest BCUT2D eigenvalue weighted by Gasteiger charge is -2.17. The van der Waals surface area contributed by atoms with E-state index in [-0.39, 0.29) is 30.0 Å². The maximum atomic E-state index is 13.0. The van der Waals surface area contributed by atoms with E-state index in [0.29, 0.717) is 30.2 Å². The first-order valence-electron chi connectivity index (χ1n) is 10.5. The summed E-state index contributed by atoms with van der Waals surface area (Å²) >= 11 is 0. The number of hydrogen-bond donors (Lipinski definition) is 1. The van der Waals surface area contributed by atoms with Gasteiger partial charge in [-0.25, -0.2) is 14.4 Å². The van der Waals surface area contributed by atoms with Crippen LogP contribution in [-0.2, 0) is 11.2 Å². The third kappa shape index (κ3) is 4.80. The Balaban J connectivity index is 1.43. The molecule has 1 saturated heterocycles. The van der Waals surface area contributed by atoms with Crippen molar-refractivity contribution >= 4 is 17.5 Å².